The Kier molecular flexibility index (Phi) is 6.11. The van der Waals surface area contributed by atoms with E-state index < -0.39 is 11.9 Å². The summed E-state index contributed by atoms with van der Waals surface area (Å²) in [6, 6.07) is 21.5. The SMILES string of the molecule is Cc1ccc(C(=O)Oc2ccc(/C=C3/C(=N)N4C(c5ccccc5)=CSC4=NC3=O)cc2Cl)cc1. The van der Waals surface area contributed by atoms with Crippen molar-refractivity contribution >= 4 is 58.0 Å². The number of carbonyl (C=O) groups is 2. The van der Waals surface area contributed by atoms with Gasteiger partial charge in [0.15, 0.2) is 5.17 Å². The van der Waals surface area contributed by atoms with Crippen LogP contribution in [0.4, 0.5) is 0 Å². The fourth-order valence-corrected chi connectivity index (χ4v) is 4.74. The minimum absolute atomic E-state index is 0.0334. The van der Waals surface area contributed by atoms with Crippen LogP contribution in [0.25, 0.3) is 11.8 Å². The molecule has 1 N–H and O–H groups in total. The number of esters is 1. The van der Waals surface area contributed by atoms with Gasteiger partial charge in [-0.05, 0) is 48.4 Å². The Bertz CT molecular complexity index is 1460. The van der Waals surface area contributed by atoms with E-state index in [0.29, 0.717) is 16.3 Å². The molecule has 0 spiro atoms. The lowest BCUT2D eigenvalue weighted by Crippen LogP contribution is -2.38. The molecule has 1 amide bonds. The van der Waals surface area contributed by atoms with Crippen LogP contribution in [0.15, 0.2) is 88.8 Å². The van der Waals surface area contributed by atoms with Gasteiger partial charge in [0, 0.05) is 5.41 Å². The van der Waals surface area contributed by atoms with Crippen LogP contribution in [0, 0.1) is 12.3 Å². The molecule has 6 nitrogen and oxygen atoms in total. The van der Waals surface area contributed by atoms with Gasteiger partial charge in [-0.25, -0.2) is 4.79 Å². The van der Waals surface area contributed by atoms with Crippen LogP contribution in [-0.4, -0.2) is 27.8 Å². The van der Waals surface area contributed by atoms with E-state index in [0.717, 1.165) is 16.8 Å². The van der Waals surface area contributed by atoms with Crippen molar-refractivity contribution in [2.24, 2.45) is 4.99 Å². The fourth-order valence-electron chi connectivity index (χ4n) is 3.62. The van der Waals surface area contributed by atoms with Gasteiger partial charge in [0.05, 0.1) is 21.9 Å². The summed E-state index contributed by atoms with van der Waals surface area (Å²) in [6.45, 7) is 1.93. The summed E-state index contributed by atoms with van der Waals surface area (Å²) in [5, 5.41) is 11.3. The van der Waals surface area contributed by atoms with Crippen molar-refractivity contribution in [1.82, 2.24) is 4.90 Å². The lowest BCUT2D eigenvalue weighted by atomic mass is 10.1. The molecule has 172 valence electrons. The Morgan fingerprint density at radius 1 is 1.09 bits per heavy atom. The number of nitrogens with one attached hydrogen (secondary N) is 1. The van der Waals surface area contributed by atoms with Gasteiger partial charge >= 0.3 is 5.97 Å². The molecule has 0 radical (unpaired) electrons. The average molecular weight is 500 g/mol. The molecule has 0 aromatic heterocycles. The number of amides is 1. The van der Waals surface area contributed by atoms with E-state index in [2.05, 4.69) is 4.99 Å². The maximum absolute atomic E-state index is 12.7. The van der Waals surface area contributed by atoms with E-state index >= 15 is 0 Å². The molecule has 3 aromatic rings. The van der Waals surface area contributed by atoms with E-state index in [4.69, 9.17) is 21.7 Å². The number of hydrogen-bond acceptors (Lipinski definition) is 5. The number of thioether (sulfide) groups is 1. The van der Waals surface area contributed by atoms with Gasteiger partial charge in [-0.3, -0.25) is 15.1 Å². The minimum Gasteiger partial charge on any atom is -0.421 e. The van der Waals surface area contributed by atoms with Crippen molar-refractivity contribution < 1.29 is 14.3 Å². The highest BCUT2D eigenvalue weighted by molar-refractivity contribution is 8.17. The highest BCUT2D eigenvalue weighted by atomic mass is 35.5. The highest BCUT2D eigenvalue weighted by Crippen LogP contribution is 2.37. The Morgan fingerprint density at radius 3 is 2.54 bits per heavy atom. The second-order valence-corrected chi connectivity index (χ2v) is 9.12. The van der Waals surface area contributed by atoms with Crippen LogP contribution >= 0.6 is 23.4 Å². The Balaban J connectivity index is 1.39. The summed E-state index contributed by atoms with van der Waals surface area (Å²) in [5.74, 6) is -0.778. The lowest BCUT2D eigenvalue weighted by molar-refractivity contribution is -0.114. The molecule has 0 atom stereocenters. The monoisotopic (exact) mass is 499 g/mol. The zero-order valence-corrected chi connectivity index (χ0v) is 20.1. The predicted molar refractivity (Wildman–Crippen MR) is 140 cm³/mol. The molecule has 2 heterocycles. The average Bonchev–Trinajstić information content (AvgIpc) is 3.28. The quantitative estimate of drug-likeness (QED) is 0.263. The molecule has 5 rings (SSSR count). The number of rotatable bonds is 4. The summed E-state index contributed by atoms with van der Waals surface area (Å²) in [4.78, 5) is 31.0. The second kappa shape index (κ2) is 9.37. The van der Waals surface area contributed by atoms with Crippen LogP contribution in [0.3, 0.4) is 0 Å². The van der Waals surface area contributed by atoms with Crippen molar-refractivity contribution in [3.05, 3.63) is 111 Å². The number of halogens is 1. The zero-order chi connectivity index (χ0) is 24.5. The molecule has 0 unspecified atom stereocenters. The van der Waals surface area contributed by atoms with Crippen molar-refractivity contribution in [2.75, 3.05) is 0 Å². The number of carbonyl (C=O) groups excluding carboxylic acids is 2. The van der Waals surface area contributed by atoms with E-state index in [1.54, 1.807) is 41.3 Å². The van der Waals surface area contributed by atoms with Gasteiger partial charge < -0.3 is 4.74 Å². The van der Waals surface area contributed by atoms with E-state index in [1.165, 1.54) is 11.8 Å². The highest BCUT2D eigenvalue weighted by Gasteiger charge is 2.36. The van der Waals surface area contributed by atoms with E-state index in [9.17, 15) is 9.59 Å². The first kappa shape index (κ1) is 22.8. The van der Waals surface area contributed by atoms with E-state index in [-0.39, 0.29) is 22.2 Å². The van der Waals surface area contributed by atoms with Crippen LogP contribution in [0.1, 0.15) is 27.0 Å². The topological polar surface area (TPSA) is 82.8 Å². The van der Waals surface area contributed by atoms with Crippen LogP contribution in [0.2, 0.25) is 5.02 Å². The zero-order valence-electron chi connectivity index (χ0n) is 18.5. The van der Waals surface area contributed by atoms with Crippen LogP contribution in [-0.2, 0) is 4.79 Å². The lowest BCUT2D eigenvalue weighted by Gasteiger charge is -2.26. The van der Waals surface area contributed by atoms with Crippen molar-refractivity contribution in [1.29, 1.82) is 5.41 Å². The summed E-state index contributed by atoms with van der Waals surface area (Å²) >= 11 is 7.68. The molecule has 35 heavy (non-hydrogen) atoms. The largest absolute Gasteiger partial charge is 0.421 e. The van der Waals surface area contributed by atoms with Gasteiger partial charge in [0.25, 0.3) is 5.91 Å². The predicted octanol–water partition coefficient (Wildman–Crippen LogP) is 6.17. The third kappa shape index (κ3) is 4.56. The number of aryl methyl sites for hydroxylation is 1. The van der Waals surface area contributed by atoms with Crippen molar-refractivity contribution in [3.63, 3.8) is 0 Å². The summed E-state index contributed by atoms with van der Waals surface area (Å²) < 4.78 is 5.44. The minimum atomic E-state index is -0.518. The maximum Gasteiger partial charge on any atom is 0.343 e. The van der Waals surface area contributed by atoms with Crippen LogP contribution < -0.4 is 4.74 Å². The van der Waals surface area contributed by atoms with Crippen molar-refractivity contribution in [3.8, 4) is 5.75 Å². The summed E-state index contributed by atoms with van der Waals surface area (Å²) in [6.07, 6.45) is 1.56. The third-order valence-electron chi connectivity index (χ3n) is 5.44. The van der Waals surface area contributed by atoms with Crippen molar-refractivity contribution in [2.45, 2.75) is 6.92 Å². The smallest absolute Gasteiger partial charge is 0.343 e. The van der Waals surface area contributed by atoms with Gasteiger partial charge in [-0.2, -0.15) is 4.99 Å². The normalized spacial score (nSPS) is 16.2. The molecular weight excluding hydrogens is 482 g/mol. The number of ether oxygens (including phenoxy) is 1. The van der Waals surface area contributed by atoms with E-state index in [1.807, 2.05) is 54.8 Å². The Hall–Kier alpha value is -3.94. The standard InChI is InChI=1S/C27H18ClN3O3S/c1-16-7-10-19(11-8-16)26(33)34-23-12-9-17(14-21(23)28)13-20-24(29)31-22(18-5-3-2-4-6-18)15-35-27(31)30-25(20)32/h2-15,29H,1H3/b20-13-,29-24?. The molecule has 0 saturated carbocycles. The molecule has 2 aliphatic heterocycles. The Morgan fingerprint density at radius 2 is 1.83 bits per heavy atom. The maximum atomic E-state index is 12.7. The van der Waals surface area contributed by atoms with Gasteiger partial charge in [0.1, 0.15) is 11.6 Å². The number of hydrogen-bond donors (Lipinski definition) is 1. The molecule has 8 heteroatoms. The number of aliphatic imine (C=N–C) groups is 1. The summed E-state index contributed by atoms with van der Waals surface area (Å²) in [7, 11) is 0. The van der Waals surface area contributed by atoms with Crippen LogP contribution in [0.5, 0.6) is 5.75 Å². The van der Waals surface area contributed by atoms with Gasteiger partial charge in [-0.15, -0.1) is 0 Å². The molecule has 0 aliphatic carbocycles. The first-order valence-electron chi connectivity index (χ1n) is 10.6. The Labute approximate surface area is 211 Å². The first-order valence-corrected chi connectivity index (χ1v) is 11.9. The fraction of sp³-hybridized carbons (Fsp3) is 0.0370. The number of benzene rings is 3. The molecule has 0 saturated heterocycles. The van der Waals surface area contributed by atoms with Gasteiger partial charge in [-0.1, -0.05) is 77.5 Å². The number of fused-ring (bicyclic) bond motifs is 1. The molecule has 2 aliphatic rings. The second-order valence-electron chi connectivity index (χ2n) is 7.87. The summed E-state index contributed by atoms with van der Waals surface area (Å²) in [5.41, 5.74) is 3.88. The van der Waals surface area contributed by atoms with Gasteiger partial charge in [0.2, 0.25) is 0 Å². The number of nitrogens with zero attached hydrogens (tertiary/aromatic N) is 2. The third-order valence-corrected chi connectivity index (χ3v) is 6.56. The molecule has 0 bridgehead atoms. The molecule has 0 fully saturated rings. The molecular formula is C27H18ClN3O3S. The number of amidine groups is 2. The molecule has 3 aromatic carbocycles. The first-order chi connectivity index (χ1) is 16.9.